The Hall–Kier alpha value is -2.70. The number of hydrogen-bond acceptors (Lipinski definition) is 5. The highest BCUT2D eigenvalue weighted by Gasteiger charge is 2.14. The molecule has 1 aromatic carbocycles. The molecule has 0 unspecified atom stereocenters. The van der Waals surface area contributed by atoms with Crippen molar-refractivity contribution < 1.29 is 4.92 Å². The van der Waals surface area contributed by atoms with Crippen molar-refractivity contribution in [2.24, 2.45) is 0 Å². The van der Waals surface area contributed by atoms with Gasteiger partial charge in [0.25, 0.3) is 5.69 Å². The highest BCUT2D eigenvalue weighted by molar-refractivity contribution is 5.62. The number of benzene rings is 1. The molecule has 0 radical (unpaired) electrons. The molecular formula is C14H16N4O3. The summed E-state index contributed by atoms with van der Waals surface area (Å²) in [7, 11) is 0. The van der Waals surface area contributed by atoms with Crippen molar-refractivity contribution in [2.45, 2.75) is 19.9 Å². The van der Waals surface area contributed by atoms with Gasteiger partial charge in [-0.25, -0.2) is 9.78 Å². The van der Waals surface area contributed by atoms with E-state index in [9.17, 15) is 14.9 Å². The lowest BCUT2D eigenvalue weighted by Crippen LogP contribution is -2.21. The fraction of sp³-hybridized carbons (Fsp3) is 0.286. The maximum absolute atomic E-state index is 11.6. The number of aromatic nitrogens is 2. The Morgan fingerprint density at radius 2 is 2.24 bits per heavy atom. The molecule has 7 heteroatoms. The van der Waals surface area contributed by atoms with E-state index in [2.05, 4.69) is 10.3 Å². The van der Waals surface area contributed by atoms with Gasteiger partial charge in [0.2, 0.25) is 0 Å². The fourth-order valence-electron chi connectivity index (χ4n) is 1.94. The predicted molar refractivity (Wildman–Crippen MR) is 79.5 cm³/mol. The molecule has 0 aliphatic carbocycles. The molecule has 2 aromatic rings. The van der Waals surface area contributed by atoms with E-state index < -0.39 is 4.92 Å². The summed E-state index contributed by atoms with van der Waals surface area (Å²) in [5.74, 6) is 0. The van der Waals surface area contributed by atoms with E-state index >= 15 is 0 Å². The van der Waals surface area contributed by atoms with Crippen LogP contribution in [0.15, 0.2) is 41.5 Å². The first-order valence-electron chi connectivity index (χ1n) is 6.64. The van der Waals surface area contributed by atoms with E-state index in [0.29, 0.717) is 17.8 Å². The molecule has 1 heterocycles. The van der Waals surface area contributed by atoms with Crippen molar-refractivity contribution in [3.05, 3.63) is 62.8 Å². The third kappa shape index (κ3) is 3.65. The lowest BCUT2D eigenvalue weighted by molar-refractivity contribution is -0.384. The van der Waals surface area contributed by atoms with Gasteiger partial charge in [0.15, 0.2) is 0 Å². The van der Waals surface area contributed by atoms with Crippen molar-refractivity contribution in [1.29, 1.82) is 0 Å². The van der Waals surface area contributed by atoms with Gasteiger partial charge in [0.1, 0.15) is 5.69 Å². The molecule has 0 fully saturated rings. The monoisotopic (exact) mass is 288 g/mol. The summed E-state index contributed by atoms with van der Waals surface area (Å²) < 4.78 is 1.40. The van der Waals surface area contributed by atoms with Gasteiger partial charge in [-0.3, -0.25) is 14.7 Å². The Morgan fingerprint density at radius 3 is 2.90 bits per heavy atom. The molecule has 0 saturated heterocycles. The zero-order chi connectivity index (χ0) is 15.2. The van der Waals surface area contributed by atoms with Crippen LogP contribution in [0.3, 0.4) is 0 Å². The number of nitrogens with one attached hydrogen (secondary N) is 1. The van der Waals surface area contributed by atoms with Gasteiger partial charge in [0.05, 0.1) is 11.5 Å². The minimum absolute atomic E-state index is 0.0119. The Kier molecular flexibility index (Phi) is 4.65. The topological polar surface area (TPSA) is 90.1 Å². The zero-order valence-corrected chi connectivity index (χ0v) is 11.7. The Bertz CT molecular complexity index is 697. The number of rotatable bonds is 6. The lowest BCUT2D eigenvalue weighted by atomic mass is 10.1. The summed E-state index contributed by atoms with van der Waals surface area (Å²) in [6.45, 7) is 2.91. The van der Waals surface area contributed by atoms with E-state index in [0.717, 1.165) is 6.42 Å². The van der Waals surface area contributed by atoms with Gasteiger partial charge in [0, 0.05) is 25.0 Å². The second-order valence-corrected chi connectivity index (χ2v) is 4.57. The van der Waals surface area contributed by atoms with Crippen molar-refractivity contribution in [3.63, 3.8) is 0 Å². The Labute approximate surface area is 121 Å². The van der Waals surface area contributed by atoms with E-state index in [4.69, 9.17) is 0 Å². The first kappa shape index (κ1) is 14.7. The molecule has 110 valence electrons. The van der Waals surface area contributed by atoms with Crippen molar-refractivity contribution in [3.8, 4) is 0 Å². The minimum atomic E-state index is -0.423. The van der Waals surface area contributed by atoms with Gasteiger partial charge < -0.3 is 5.32 Å². The average molecular weight is 288 g/mol. The normalized spacial score (nSPS) is 10.3. The first-order valence-corrected chi connectivity index (χ1v) is 6.64. The molecular weight excluding hydrogens is 272 g/mol. The van der Waals surface area contributed by atoms with Crippen molar-refractivity contribution in [1.82, 2.24) is 9.55 Å². The number of nitro benzene ring substituents is 1. The quantitative estimate of drug-likeness (QED) is 0.648. The molecule has 1 N–H and O–H groups in total. The molecule has 0 saturated carbocycles. The Balaban J connectivity index is 2.30. The van der Waals surface area contributed by atoms with Gasteiger partial charge in [-0.05, 0) is 24.1 Å². The van der Waals surface area contributed by atoms with Crippen LogP contribution in [0.25, 0.3) is 0 Å². The predicted octanol–water partition coefficient (Wildman–Crippen LogP) is 2.02. The highest BCUT2D eigenvalue weighted by atomic mass is 16.6. The van der Waals surface area contributed by atoms with Crippen LogP contribution < -0.4 is 11.0 Å². The van der Waals surface area contributed by atoms with Gasteiger partial charge in [-0.15, -0.1) is 0 Å². The molecule has 2 rings (SSSR count). The van der Waals surface area contributed by atoms with Crippen molar-refractivity contribution >= 4 is 11.4 Å². The van der Waals surface area contributed by atoms with Gasteiger partial charge in [-0.1, -0.05) is 13.0 Å². The van der Waals surface area contributed by atoms with Crippen LogP contribution in [0.1, 0.15) is 18.9 Å². The summed E-state index contributed by atoms with van der Waals surface area (Å²) in [4.78, 5) is 25.9. The van der Waals surface area contributed by atoms with Crippen LogP contribution >= 0.6 is 0 Å². The van der Waals surface area contributed by atoms with Crippen LogP contribution in [0.5, 0.6) is 0 Å². The maximum Gasteiger partial charge on any atom is 0.347 e. The largest absolute Gasteiger partial charge is 0.380 e. The summed E-state index contributed by atoms with van der Waals surface area (Å²) in [5, 5.41) is 14.2. The van der Waals surface area contributed by atoms with Crippen LogP contribution in [0.4, 0.5) is 11.4 Å². The maximum atomic E-state index is 11.6. The summed E-state index contributed by atoms with van der Waals surface area (Å²) in [6, 6.07) is 6.57. The molecule has 0 aliphatic rings. The second-order valence-electron chi connectivity index (χ2n) is 4.57. The molecule has 0 bridgehead atoms. The van der Waals surface area contributed by atoms with E-state index in [1.807, 2.05) is 6.92 Å². The summed E-state index contributed by atoms with van der Waals surface area (Å²) in [6.07, 6.45) is 3.90. The molecule has 0 amide bonds. The lowest BCUT2D eigenvalue weighted by Gasteiger charge is -2.08. The zero-order valence-electron chi connectivity index (χ0n) is 11.7. The second kappa shape index (κ2) is 6.65. The van der Waals surface area contributed by atoms with Crippen molar-refractivity contribution in [2.75, 3.05) is 11.9 Å². The average Bonchev–Trinajstić information content (AvgIpc) is 2.48. The molecule has 0 aliphatic heterocycles. The number of nitro groups is 1. The summed E-state index contributed by atoms with van der Waals surface area (Å²) in [5.41, 5.74) is 0.800. The number of nitrogens with zero attached hydrogens (tertiary/aromatic N) is 3. The third-order valence-corrected chi connectivity index (χ3v) is 2.96. The first-order chi connectivity index (χ1) is 10.1. The molecule has 0 spiro atoms. The van der Waals surface area contributed by atoms with E-state index in [1.54, 1.807) is 24.4 Å². The standard InChI is InChI=1S/C14H16N4O3/c1-2-6-15-12-5-4-11(9-13(12)18(20)21)10-17-8-3-7-16-14(17)19/h3-5,7-9,15H,2,6,10H2,1H3. The fourth-order valence-corrected chi connectivity index (χ4v) is 1.94. The smallest absolute Gasteiger partial charge is 0.347 e. The highest BCUT2D eigenvalue weighted by Crippen LogP contribution is 2.25. The molecule has 0 atom stereocenters. The Morgan fingerprint density at radius 1 is 1.43 bits per heavy atom. The number of hydrogen-bond donors (Lipinski definition) is 1. The van der Waals surface area contributed by atoms with E-state index in [1.165, 1.54) is 16.8 Å². The van der Waals surface area contributed by atoms with Gasteiger partial charge in [-0.2, -0.15) is 0 Å². The van der Waals surface area contributed by atoms with Crippen LogP contribution in [-0.2, 0) is 6.54 Å². The van der Waals surface area contributed by atoms with Crippen LogP contribution in [0, 0.1) is 10.1 Å². The number of anilines is 1. The third-order valence-electron chi connectivity index (χ3n) is 2.96. The molecule has 21 heavy (non-hydrogen) atoms. The molecule has 1 aromatic heterocycles. The van der Waals surface area contributed by atoms with Crippen LogP contribution in [0.2, 0.25) is 0 Å². The SMILES string of the molecule is CCCNc1ccc(Cn2cccnc2=O)cc1[N+](=O)[O-]. The minimum Gasteiger partial charge on any atom is -0.380 e. The molecule has 7 nitrogen and oxygen atoms in total. The van der Waals surface area contributed by atoms with Gasteiger partial charge >= 0.3 is 5.69 Å². The van der Waals surface area contributed by atoms with E-state index in [-0.39, 0.29) is 17.9 Å². The van der Waals surface area contributed by atoms with Crippen LogP contribution in [-0.4, -0.2) is 21.0 Å². The summed E-state index contributed by atoms with van der Waals surface area (Å²) >= 11 is 0.